The molecule has 0 atom stereocenters. The molecule has 31 heavy (non-hydrogen) atoms. The van der Waals surface area contributed by atoms with Crippen LogP contribution in [0.25, 0.3) is 11.3 Å². The zero-order chi connectivity index (χ0) is 23.2. The summed E-state index contributed by atoms with van der Waals surface area (Å²) in [6, 6.07) is 6.06. The standard InChI is InChI=1S/C21H28BN3O6/c1-19(2,3)29-17(26)13-24-12-16(22-30-20(4,5)21(6,7)31-22)18(23-24)14-8-10-15(11-9-14)25(27)28/h8-12H,13H2,1-7H3. The molecule has 0 spiro atoms. The zero-order valence-electron chi connectivity index (χ0n) is 19.0. The minimum atomic E-state index is -0.706. The molecule has 1 aliphatic heterocycles. The lowest BCUT2D eigenvalue weighted by Gasteiger charge is -2.32. The number of aromatic nitrogens is 2. The number of hydrogen-bond acceptors (Lipinski definition) is 7. The number of rotatable bonds is 5. The highest BCUT2D eigenvalue weighted by Gasteiger charge is 2.53. The van der Waals surface area contributed by atoms with Crippen molar-refractivity contribution in [3.63, 3.8) is 0 Å². The van der Waals surface area contributed by atoms with Crippen LogP contribution >= 0.6 is 0 Å². The number of nitrogens with zero attached hydrogens (tertiary/aromatic N) is 3. The van der Waals surface area contributed by atoms with Gasteiger partial charge in [0.05, 0.1) is 21.8 Å². The molecule has 0 amide bonds. The van der Waals surface area contributed by atoms with Crippen LogP contribution in [-0.2, 0) is 25.4 Å². The highest BCUT2D eigenvalue weighted by Crippen LogP contribution is 2.37. The topological polar surface area (TPSA) is 106 Å². The molecule has 1 aromatic heterocycles. The van der Waals surface area contributed by atoms with Crippen LogP contribution in [-0.4, -0.2) is 44.6 Å². The van der Waals surface area contributed by atoms with Gasteiger partial charge < -0.3 is 14.0 Å². The van der Waals surface area contributed by atoms with Gasteiger partial charge in [0.15, 0.2) is 0 Å². The van der Waals surface area contributed by atoms with Gasteiger partial charge in [-0.1, -0.05) is 0 Å². The summed E-state index contributed by atoms with van der Waals surface area (Å²) in [6.45, 7) is 13.1. The van der Waals surface area contributed by atoms with Crippen molar-refractivity contribution < 1.29 is 23.8 Å². The van der Waals surface area contributed by atoms with Crippen molar-refractivity contribution in [1.29, 1.82) is 0 Å². The molecule has 1 aliphatic rings. The number of carbonyl (C=O) groups is 1. The van der Waals surface area contributed by atoms with Crippen molar-refractivity contribution in [2.24, 2.45) is 0 Å². The molecule has 166 valence electrons. The summed E-state index contributed by atoms with van der Waals surface area (Å²) < 4.78 is 19.2. The third kappa shape index (κ3) is 4.96. The van der Waals surface area contributed by atoms with Gasteiger partial charge in [0.2, 0.25) is 0 Å². The van der Waals surface area contributed by atoms with Gasteiger partial charge in [-0.2, -0.15) is 5.10 Å². The van der Waals surface area contributed by atoms with Gasteiger partial charge in [-0.05, 0) is 60.6 Å². The lowest BCUT2D eigenvalue weighted by molar-refractivity contribution is -0.384. The number of benzene rings is 1. The molecule has 0 bridgehead atoms. The predicted octanol–water partition coefficient (Wildman–Crippen LogP) is 3.10. The summed E-state index contributed by atoms with van der Waals surface area (Å²) in [5, 5.41) is 15.6. The van der Waals surface area contributed by atoms with Crippen LogP contribution < -0.4 is 5.46 Å². The number of non-ortho nitro benzene ring substituents is 1. The van der Waals surface area contributed by atoms with Crippen LogP contribution in [0, 0.1) is 10.1 Å². The Kier molecular flexibility index (Phi) is 5.75. The van der Waals surface area contributed by atoms with Crippen molar-refractivity contribution >= 4 is 24.2 Å². The molecule has 9 nitrogen and oxygen atoms in total. The van der Waals surface area contributed by atoms with Gasteiger partial charge in [-0.15, -0.1) is 0 Å². The number of carbonyl (C=O) groups excluding carboxylic acids is 1. The maximum atomic E-state index is 12.3. The van der Waals surface area contributed by atoms with Gasteiger partial charge in [0, 0.05) is 29.4 Å². The van der Waals surface area contributed by atoms with Gasteiger partial charge in [0.25, 0.3) is 5.69 Å². The summed E-state index contributed by atoms with van der Waals surface area (Å²) in [7, 11) is -0.706. The van der Waals surface area contributed by atoms with E-state index in [1.165, 1.54) is 16.8 Å². The van der Waals surface area contributed by atoms with Crippen LogP contribution in [0.3, 0.4) is 0 Å². The highest BCUT2D eigenvalue weighted by molar-refractivity contribution is 6.63. The van der Waals surface area contributed by atoms with Gasteiger partial charge in [0.1, 0.15) is 12.1 Å². The lowest BCUT2D eigenvalue weighted by Crippen LogP contribution is -2.41. The van der Waals surface area contributed by atoms with E-state index in [4.69, 9.17) is 14.0 Å². The summed E-state index contributed by atoms with van der Waals surface area (Å²) in [6.07, 6.45) is 1.70. The summed E-state index contributed by atoms with van der Waals surface area (Å²) in [4.78, 5) is 22.9. The molecule has 0 unspecified atom stereocenters. The van der Waals surface area contributed by atoms with E-state index in [2.05, 4.69) is 5.10 Å². The first-order chi connectivity index (χ1) is 14.2. The molecule has 0 radical (unpaired) electrons. The number of ether oxygens (including phenoxy) is 1. The third-order valence-electron chi connectivity index (χ3n) is 5.36. The van der Waals surface area contributed by atoms with Crippen LogP contribution in [0.2, 0.25) is 0 Å². The van der Waals surface area contributed by atoms with Crippen molar-refractivity contribution in [1.82, 2.24) is 9.78 Å². The van der Waals surface area contributed by atoms with Crippen LogP contribution in [0.5, 0.6) is 0 Å². The van der Waals surface area contributed by atoms with E-state index in [0.29, 0.717) is 16.7 Å². The second-order valence-electron chi connectivity index (χ2n) is 9.61. The van der Waals surface area contributed by atoms with Crippen molar-refractivity contribution in [3.05, 3.63) is 40.6 Å². The normalized spacial score (nSPS) is 17.6. The summed E-state index contributed by atoms with van der Waals surface area (Å²) >= 11 is 0. The Morgan fingerprint density at radius 1 is 1.16 bits per heavy atom. The second-order valence-corrected chi connectivity index (χ2v) is 9.61. The highest BCUT2D eigenvalue weighted by atomic mass is 16.7. The quantitative estimate of drug-likeness (QED) is 0.311. The average Bonchev–Trinajstić information content (AvgIpc) is 3.11. The van der Waals surface area contributed by atoms with E-state index in [1.54, 1.807) is 39.1 Å². The third-order valence-corrected chi connectivity index (χ3v) is 5.36. The Morgan fingerprint density at radius 3 is 2.19 bits per heavy atom. The first-order valence-corrected chi connectivity index (χ1v) is 10.1. The number of nitro groups is 1. The molecule has 0 saturated carbocycles. The molecule has 10 heteroatoms. The van der Waals surface area contributed by atoms with Crippen molar-refractivity contribution in [2.75, 3.05) is 0 Å². The molecule has 3 rings (SSSR count). The van der Waals surface area contributed by atoms with Gasteiger partial charge in [-0.3, -0.25) is 19.6 Å². The minimum absolute atomic E-state index is 0.0193. The maximum absolute atomic E-state index is 12.3. The van der Waals surface area contributed by atoms with Gasteiger partial charge >= 0.3 is 13.1 Å². The molecular weight excluding hydrogens is 401 g/mol. The van der Waals surface area contributed by atoms with E-state index in [9.17, 15) is 14.9 Å². The van der Waals surface area contributed by atoms with Crippen molar-refractivity contribution in [3.8, 4) is 11.3 Å². The number of esters is 1. The Hall–Kier alpha value is -2.72. The molecule has 1 fully saturated rings. The summed E-state index contributed by atoms with van der Waals surface area (Å²) in [5.41, 5.74) is 0.0652. The second kappa shape index (κ2) is 7.76. The molecular formula is C21H28BN3O6. The first-order valence-electron chi connectivity index (χ1n) is 10.1. The number of hydrogen-bond donors (Lipinski definition) is 0. The lowest BCUT2D eigenvalue weighted by atomic mass is 9.78. The van der Waals surface area contributed by atoms with E-state index in [1.807, 2.05) is 27.7 Å². The smallest absolute Gasteiger partial charge is 0.459 e. The van der Waals surface area contributed by atoms with Crippen LogP contribution in [0.15, 0.2) is 30.5 Å². The summed E-state index contributed by atoms with van der Waals surface area (Å²) in [5.74, 6) is -0.425. The Morgan fingerprint density at radius 2 is 1.71 bits per heavy atom. The minimum Gasteiger partial charge on any atom is -0.459 e. The molecule has 2 heterocycles. The maximum Gasteiger partial charge on any atom is 0.498 e. The van der Waals surface area contributed by atoms with E-state index in [-0.39, 0.29) is 12.2 Å². The van der Waals surface area contributed by atoms with Crippen molar-refractivity contribution in [2.45, 2.75) is 71.8 Å². The largest absolute Gasteiger partial charge is 0.498 e. The Labute approximate surface area is 182 Å². The molecule has 0 N–H and O–H groups in total. The Bertz CT molecular complexity index is 976. The monoisotopic (exact) mass is 429 g/mol. The fourth-order valence-electron chi connectivity index (χ4n) is 3.13. The predicted molar refractivity (Wildman–Crippen MR) is 116 cm³/mol. The Balaban J connectivity index is 1.98. The zero-order valence-corrected chi connectivity index (χ0v) is 19.0. The first kappa shape index (κ1) is 23.0. The van der Waals surface area contributed by atoms with Crippen LogP contribution in [0.1, 0.15) is 48.5 Å². The average molecular weight is 429 g/mol. The number of nitro benzene ring substituents is 1. The van der Waals surface area contributed by atoms with E-state index < -0.39 is 34.8 Å². The fourth-order valence-corrected chi connectivity index (χ4v) is 3.13. The van der Waals surface area contributed by atoms with E-state index in [0.717, 1.165) is 0 Å². The molecule has 2 aromatic rings. The van der Waals surface area contributed by atoms with Gasteiger partial charge in [-0.25, -0.2) is 0 Å². The molecule has 0 aliphatic carbocycles. The van der Waals surface area contributed by atoms with Crippen LogP contribution in [0.4, 0.5) is 5.69 Å². The SMILES string of the molecule is CC(C)(C)OC(=O)Cn1cc(B2OC(C)(C)C(C)(C)O2)c(-c2ccc([N+](=O)[O-])cc2)n1. The molecule has 1 saturated heterocycles. The molecule has 1 aromatic carbocycles. The fraction of sp³-hybridized carbons (Fsp3) is 0.524. The van der Waals surface area contributed by atoms with E-state index >= 15 is 0 Å².